The molecule has 0 radical (unpaired) electrons. The van der Waals surface area contributed by atoms with Gasteiger partial charge in [0.25, 0.3) is 5.91 Å². The van der Waals surface area contributed by atoms with Gasteiger partial charge in [-0.25, -0.2) is 15.0 Å². The van der Waals surface area contributed by atoms with Gasteiger partial charge in [0.05, 0.1) is 22.5 Å². The molecule has 1 N–H and O–H groups in total. The Morgan fingerprint density at radius 1 is 1.08 bits per heavy atom. The van der Waals surface area contributed by atoms with Crippen LogP contribution in [0.25, 0.3) is 11.3 Å². The Bertz CT molecular complexity index is 1410. The first kappa shape index (κ1) is 25.1. The number of Topliss-reactive ketones (excluding diaryl/α,β-unsaturated/α-hetero) is 1. The molecule has 1 atom stereocenters. The van der Waals surface area contributed by atoms with Crippen molar-refractivity contribution in [2.24, 2.45) is 0 Å². The van der Waals surface area contributed by atoms with Crippen LogP contribution in [0.3, 0.4) is 0 Å². The molecule has 184 valence electrons. The average Bonchev–Trinajstić information content (AvgIpc) is 3.36. The lowest BCUT2D eigenvalue weighted by molar-refractivity contribution is -0.138. The molecule has 0 fully saturated rings. The largest absolute Gasteiger partial charge is 0.416 e. The summed E-state index contributed by atoms with van der Waals surface area (Å²) in [7, 11) is 0. The van der Waals surface area contributed by atoms with Crippen LogP contribution in [0, 0.1) is 6.92 Å². The van der Waals surface area contributed by atoms with Crippen LogP contribution >= 0.6 is 11.3 Å². The number of ketones is 1. The number of hydrogen-bond donors (Lipinski definition) is 1. The number of rotatable bonds is 7. The Morgan fingerprint density at radius 2 is 1.89 bits per heavy atom. The molecule has 3 heterocycles. The number of pyridine rings is 1. The van der Waals surface area contributed by atoms with Crippen molar-refractivity contribution in [2.75, 3.05) is 5.32 Å². The topological polar surface area (TPSA) is 97.7 Å². The zero-order valence-corrected chi connectivity index (χ0v) is 20.0. The molecule has 4 aromatic rings. The molecular formula is C25H20F3N5O2S. The maximum Gasteiger partial charge on any atom is 0.416 e. The number of alkyl halides is 3. The molecule has 1 aromatic carbocycles. The highest BCUT2D eigenvalue weighted by Crippen LogP contribution is 2.34. The minimum Gasteiger partial charge on any atom is -0.321 e. The van der Waals surface area contributed by atoms with Crippen molar-refractivity contribution in [3.05, 3.63) is 88.0 Å². The van der Waals surface area contributed by atoms with Crippen molar-refractivity contribution in [3.8, 4) is 11.3 Å². The molecule has 1 amide bonds. The normalized spacial score (nSPS) is 12.2. The standard InChI is InChI=1S/C25H20F3N5O2S/c1-14-5-6-17(9-18(14)25(26,27)28)33-23(35)22-12-30-24(36-22)15(2)8-21(34)20-10-19(31-13-32-20)16-4-3-7-29-11-16/h3-7,9-13,15H,8H2,1-2H3,(H,33,35). The molecule has 0 spiro atoms. The predicted octanol–water partition coefficient (Wildman–Crippen LogP) is 5.95. The summed E-state index contributed by atoms with van der Waals surface area (Å²) < 4.78 is 39.5. The Kier molecular flexibility index (Phi) is 7.20. The summed E-state index contributed by atoms with van der Waals surface area (Å²) in [6.07, 6.45) is 1.53. The second kappa shape index (κ2) is 10.3. The molecule has 7 nitrogen and oxygen atoms in total. The number of carbonyl (C=O) groups is 2. The molecule has 0 aliphatic carbocycles. The van der Waals surface area contributed by atoms with Crippen LogP contribution in [-0.2, 0) is 6.18 Å². The van der Waals surface area contributed by atoms with Gasteiger partial charge >= 0.3 is 6.18 Å². The Labute approximate surface area is 208 Å². The number of thiazole rings is 1. The minimum absolute atomic E-state index is 0.0317. The third kappa shape index (κ3) is 5.80. The summed E-state index contributed by atoms with van der Waals surface area (Å²) in [5.41, 5.74) is 0.874. The van der Waals surface area contributed by atoms with E-state index in [1.54, 1.807) is 31.5 Å². The van der Waals surface area contributed by atoms with Crippen molar-refractivity contribution in [1.29, 1.82) is 0 Å². The van der Waals surface area contributed by atoms with E-state index in [-0.39, 0.29) is 39.9 Å². The highest BCUT2D eigenvalue weighted by Gasteiger charge is 2.32. The highest BCUT2D eigenvalue weighted by atomic mass is 32.1. The number of anilines is 1. The summed E-state index contributed by atoms with van der Waals surface area (Å²) in [5, 5.41) is 3.03. The van der Waals surface area contributed by atoms with Gasteiger partial charge in [-0.1, -0.05) is 13.0 Å². The Balaban J connectivity index is 1.43. The number of hydrogen-bond acceptors (Lipinski definition) is 7. The van der Waals surface area contributed by atoms with Gasteiger partial charge in [-0.05, 0) is 42.8 Å². The smallest absolute Gasteiger partial charge is 0.321 e. The van der Waals surface area contributed by atoms with Crippen molar-refractivity contribution in [2.45, 2.75) is 32.4 Å². The van der Waals surface area contributed by atoms with Gasteiger partial charge in [0, 0.05) is 36.0 Å². The number of carbonyl (C=O) groups excluding carboxylic acids is 2. The van der Waals surface area contributed by atoms with E-state index in [0.717, 1.165) is 23.0 Å². The fourth-order valence-electron chi connectivity index (χ4n) is 3.47. The summed E-state index contributed by atoms with van der Waals surface area (Å²) in [4.78, 5) is 42.2. The van der Waals surface area contributed by atoms with Crippen molar-refractivity contribution < 1.29 is 22.8 Å². The molecular weight excluding hydrogens is 491 g/mol. The summed E-state index contributed by atoms with van der Waals surface area (Å²) in [6, 6.07) is 8.81. The summed E-state index contributed by atoms with van der Waals surface area (Å²) >= 11 is 1.08. The maximum absolute atomic E-state index is 13.2. The highest BCUT2D eigenvalue weighted by molar-refractivity contribution is 7.13. The van der Waals surface area contributed by atoms with Crippen LogP contribution in [0.2, 0.25) is 0 Å². The zero-order chi connectivity index (χ0) is 25.9. The third-order valence-electron chi connectivity index (χ3n) is 5.37. The number of benzene rings is 1. The lowest BCUT2D eigenvalue weighted by Gasteiger charge is -2.12. The fraction of sp³-hybridized carbons (Fsp3) is 0.200. The number of aryl methyl sites for hydroxylation is 1. The molecule has 4 rings (SSSR count). The van der Waals surface area contributed by atoms with E-state index in [1.165, 1.54) is 31.6 Å². The molecule has 0 aliphatic heterocycles. The van der Waals surface area contributed by atoms with Gasteiger partial charge in [-0.3, -0.25) is 14.6 Å². The summed E-state index contributed by atoms with van der Waals surface area (Å²) in [6.45, 7) is 3.16. The van der Waals surface area contributed by atoms with Crippen LogP contribution in [0.5, 0.6) is 0 Å². The van der Waals surface area contributed by atoms with E-state index >= 15 is 0 Å². The number of amides is 1. The quantitative estimate of drug-likeness (QED) is 0.308. The first-order valence-corrected chi connectivity index (χ1v) is 11.6. The molecule has 36 heavy (non-hydrogen) atoms. The summed E-state index contributed by atoms with van der Waals surface area (Å²) in [5.74, 6) is -1.10. The van der Waals surface area contributed by atoms with E-state index in [2.05, 4.69) is 25.3 Å². The van der Waals surface area contributed by atoms with E-state index < -0.39 is 17.6 Å². The van der Waals surface area contributed by atoms with Crippen molar-refractivity contribution >= 4 is 28.7 Å². The van der Waals surface area contributed by atoms with E-state index in [0.29, 0.717) is 10.7 Å². The molecule has 1 unspecified atom stereocenters. The molecule has 0 aliphatic rings. The predicted molar refractivity (Wildman–Crippen MR) is 129 cm³/mol. The number of halogens is 3. The fourth-order valence-corrected chi connectivity index (χ4v) is 4.33. The first-order valence-electron chi connectivity index (χ1n) is 10.8. The van der Waals surface area contributed by atoms with Crippen LogP contribution in [0.4, 0.5) is 18.9 Å². The number of nitrogens with zero attached hydrogens (tertiary/aromatic N) is 4. The number of aromatic nitrogens is 4. The van der Waals surface area contributed by atoms with Gasteiger partial charge in [-0.2, -0.15) is 13.2 Å². The minimum atomic E-state index is -4.52. The Hall–Kier alpha value is -3.99. The lowest BCUT2D eigenvalue weighted by atomic mass is 10.0. The van der Waals surface area contributed by atoms with E-state index in [9.17, 15) is 22.8 Å². The van der Waals surface area contributed by atoms with Crippen molar-refractivity contribution in [1.82, 2.24) is 19.9 Å². The zero-order valence-electron chi connectivity index (χ0n) is 19.2. The molecule has 0 saturated heterocycles. The average molecular weight is 512 g/mol. The van der Waals surface area contributed by atoms with E-state index in [4.69, 9.17) is 0 Å². The monoisotopic (exact) mass is 511 g/mol. The van der Waals surface area contributed by atoms with Gasteiger partial charge in [-0.15, -0.1) is 11.3 Å². The number of nitrogens with one attached hydrogen (secondary N) is 1. The SMILES string of the molecule is Cc1ccc(NC(=O)c2cnc(C(C)CC(=O)c3cc(-c4cccnc4)ncn3)s2)cc1C(F)(F)F. The second-order valence-electron chi connectivity index (χ2n) is 8.10. The van der Waals surface area contributed by atoms with Gasteiger partial charge in [0.2, 0.25) is 0 Å². The molecule has 0 bridgehead atoms. The van der Waals surface area contributed by atoms with Crippen LogP contribution in [0.1, 0.15) is 55.6 Å². The van der Waals surface area contributed by atoms with Crippen molar-refractivity contribution in [3.63, 3.8) is 0 Å². The Morgan fingerprint density at radius 3 is 2.61 bits per heavy atom. The molecule has 11 heteroatoms. The molecule has 3 aromatic heterocycles. The second-order valence-corrected chi connectivity index (χ2v) is 9.17. The maximum atomic E-state index is 13.2. The van der Waals surface area contributed by atoms with Gasteiger partial charge in [0.1, 0.15) is 16.9 Å². The third-order valence-corrected chi connectivity index (χ3v) is 6.60. The van der Waals surface area contributed by atoms with Crippen LogP contribution in [0.15, 0.2) is 61.3 Å². The lowest BCUT2D eigenvalue weighted by Crippen LogP contribution is -2.13. The van der Waals surface area contributed by atoms with Gasteiger partial charge in [0.15, 0.2) is 5.78 Å². The van der Waals surface area contributed by atoms with Gasteiger partial charge < -0.3 is 5.32 Å². The molecule has 0 saturated carbocycles. The van der Waals surface area contributed by atoms with E-state index in [1.807, 2.05) is 6.07 Å². The first-order chi connectivity index (χ1) is 17.1. The van der Waals surface area contributed by atoms with Crippen LogP contribution < -0.4 is 5.32 Å². The van der Waals surface area contributed by atoms with Crippen LogP contribution in [-0.4, -0.2) is 31.6 Å².